The van der Waals surface area contributed by atoms with Crippen LogP contribution in [0.1, 0.15) is 57.7 Å². The van der Waals surface area contributed by atoms with Crippen LogP contribution in [0, 0.1) is 17.2 Å². The molecule has 2 unspecified atom stereocenters. The summed E-state index contributed by atoms with van der Waals surface area (Å²) in [5.41, 5.74) is 2.73. The minimum Gasteiger partial charge on any atom is -0.373 e. The van der Waals surface area contributed by atoms with Crippen molar-refractivity contribution in [3.63, 3.8) is 0 Å². The molecule has 1 aliphatic heterocycles. The van der Waals surface area contributed by atoms with Crippen molar-refractivity contribution in [2.45, 2.75) is 64.6 Å². The molecular formula is C31H39NO4. The van der Waals surface area contributed by atoms with Crippen molar-refractivity contribution >= 4 is 0 Å². The Morgan fingerprint density at radius 1 is 0.833 bits per heavy atom. The van der Waals surface area contributed by atoms with E-state index in [0.29, 0.717) is 12.5 Å². The highest BCUT2D eigenvalue weighted by Crippen LogP contribution is 2.41. The second-order valence-electron chi connectivity index (χ2n) is 9.48. The molecule has 0 amide bonds. The first-order chi connectivity index (χ1) is 17.1. The highest BCUT2D eigenvalue weighted by molar-refractivity contribution is 5.47. The lowest BCUT2D eigenvalue weighted by atomic mass is 9.80. The fourth-order valence-corrected chi connectivity index (χ4v) is 4.19. The van der Waals surface area contributed by atoms with Gasteiger partial charge in [0.25, 0.3) is 0 Å². The molecule has 3 aromatic rings. The number of nitriles is 1. The highest BCUT2D eigenvalue weighted by Gasteiger charge is 2.39. The lowest BCUT2D eigenvalue weighted by Crippen LogP contribution is -2.35. The molecule has 5 heteroatoms. The van der Waals surface area contributed by atoms with Crippen LogP contribution in [-0.4, -0.2) is 34.8 Å². The summed E-state index contributed by atoms with van der Waals surface area (Å²) in [5.74, 6) is -0.937. The number of aliphatic hydroxyl groups is 2. The molecule has 3 aromatic carbocycles. The molecule has 1 fully saturated rings. The van der Waals surface area contributed by atoms with Crippen LogP contribution in [0.3, 0.4) is 0 Å². The first-order valence-electron chi connectivity index (χ1n) is 12.3. The van der Waals surface area contributed by atoms with Crippen LogP contribution in [0.2, 0.25) is 0 Å². The van der Waals surface area contributed by atoms with Crippen LogP contribution in [0.4, 0.5) is 0 Å². The van der Waals surface area contributed by atoms with E-state index < -0.39 is 11.4 Å². The number of rotatable bonds is 6. The molecule has 1 aliphatic rings. The van der Waals surface area contributed by atoms with Gasteiger partial charge in [0.15, 0.2) is 5.79 Å². The van der Waals surface area contributed by atoms with E-state index in [1.165, 1.54) is 20.8 Å². The summed E-state index contributed by atoms with van der Waals surface area (Å²) in [6, 6.07) is 33.3. The minimum absolute atomic E-state index is 0.125. The molecule has 0 aliphatic carbocycles. The zero-order chi connectivity index (χ0) is 26.6. The summed E-state index contributed by atoms with van der Waals surface area (Å²) in [5, 5.41) is 23.5. The van der Waals surface area contributed by atoms with Crippen LogP contribution in [0.25, 0.3) is 0 Å². The average Bonchev–Trinajstić information content (AvgIpc) is 3.18. The van der Waals surface area contributed by atoms with E-state index in [1.54, 1.807) is 6.07 Å². The molecule has 36 heavy (non-hydrogen) atoms. The largest absolute Gasteiger partial charge is 0.373 e. The van der Waals surface area contributed by atoms with Crippen LogP contribution < -0.4 is 0 Å². The van der Waals surface area contributed by atoms with Crippen molar-refractivity contribution in [2.75, 3.05) is 6.61 Å². The molecule has 1 saturated heterocycles. The smallest absolute Gasteiger partial charge is 0.156 e. The van der Waals surface area contributed by atoms with Gasteiger partial charge in [0.2, 0.25) is 0 Å². The fourth-order valence-electron chi connectivity index (χ4n) is 4.19. The van der Waals surface area contributed by atoms with Crippen molar-refractivity contribution in [3.8, 4) is 6.07 Å². The molecule has 5 nitrogen and oxygen atoms in total. The fraction of sp³-hybridized carbons (Fsp3) is 0.387. The molecule has 4 rings (SSSR count). The standard InChI is InChI=1S/C26H28O2.C3H8O2.C2H3N/c1-20-18-25(28-21(20)2)19-27-26(22-12-6-3-7-13-22,23-14-8-4-9-15-23)24-16-10-5-11-17-24;1-3(2,4)5;1-2-3/h3-17,20-21,25H,18-19H2,1-2H3;4-5H,1-2H3;1H3/t20?,21?,25-;;/m0../s1. The third-order valence-corrected chi connectivity index (χ3v) is 5.87. The average molecular weight is 490 g/mol. The van der Waals surface area contributed by atoms with Gasteiger partial charge >= 0.3 is 0 Å². The van der Waals surface area contributed by atoms with Gasteiger partial charge in [-0.2, -0.15) is 5.26 Å². The molecule has 0 aromatic heterocycles. The summed E-state index contributed by atoms with van der Waals surface area (Å²) in [6.45, 7) is 9.00. The normalized spacial score (nSPS) is 19.2. The number of nitrogens with zero attached hydrogens (tertiary/aromatic N) is 1. The third-order valence-electron chi connectivity index (χ3n) is 5.87. The molecular weight excluding hydrogens is 450 g/mol. The van der Waals surface area contributed by atoms with E-state index in [-0.39, 0.29) is 12.2 Å². The monoisotopic (exact) mass is 489 g/mol. The first kappa shape index (κ1) is 29.2. The predicted molar refractivity (Wildman–Crippen MR) is 143 cm³/mol. The molecule has 3 atom stereocenters. The summed E-state index contributed by atoms with van der Waals surface area (Å²) in [4.78, 5) is 0. The number of benzene rings is 3. The number of ether oxygens (including phenoxy) is 2. The van der Waals surface area contributed by atoms with Gasteiger partial charge < -0.3 is 19.7 Å². The summed E-state index contributed by atoms with van der Waals surface area (Å²) >= 11 is 0. The van der Waals surface area contributed by atoms with E-state index >= 15 is 0 Å². The zero-order valence-electron chi connectivity index (χ0n) is 22.0. The Labute approximate surface area is 216 Å². The van der Waals surface area contributed by atoms with Crippen LogP contribution in [0.15, 0.2) is 91.0 Å². The predicted octanol–water partition coefficient (Wildman–Crippen LogP) is 6.05. The SMILES string of the molecule is CC#N.CC(C)(O)O.CC1C[C@@H](COC(c2ccccc2)(c2ccccc2)c2ccccc2)OC1C. The second kappa shape index (κ2) is 13.9. The van der Waals surface area contributed by atoms with Crippen LogP contribution in [-0.2, 0) is 15.1 Å². The third kappa shape index (κ3) is 8.58. The van der Waals surface area contributed by atoms with Gasteiger partial charge in [-0.3, -0.25) is 0 Å². The Balaban J connectivity index is 0.000000501. The quantitative estimate of drug-likeness (QED) is 0.326. The van der Waals surface area contributed by atoms with E-state index in [0.717, 1.165) is 23.1 Å². The molecule has 0 radical (unpaired) electrons. The Morgan fingerprint density at radius 3 is 1.44 bits per heavy atom. The number of hydrogen-bond acceptors (Lipinski definition) is 5. The van der Waals surface area contributed by atoms with Gasteiger partial charge in [-0.15, -0.1) is 0 Å². The minimum atomic E-state index is -1.50. The van der Waals surface area contributed by atoms with Crippen molar-refractivity contribution in [1.29, 1.82) is 5.26 Å². The molecule has 1 heterocycles. The van der Waals surface area contributed by atoms with E-state index in [2.05, 4.69) is 86.6 Å². The van der Waals surface area contributed by atoms with Gasteiger partial charge in [-0.25, -0.2) is 0 Å². The Morgan fingerprint density at radius 2 is 1.17 bits per heavy atom. The van der Waals surface area contributed by atoms with E-state index in [4.69, 9.17) is 24.9 Å². The van der Waals surface area contributed by atoms with Crippen molar-refractivity contribution in [3.05, 3.63) is 108 Å². The summed E-state index contributed by atoms with van der Waals surface area (Å²) in [6.07, 6.45) is 1.45. The lowest BCUT2D eigenvalue weighted by Gasteiger charge is -2.36. The Kier molecular flexibility index (Phi) is 11.3. The van der Waals surface area contributed by atoms with Crippen molar-refractivity contribution < 1.29 is 19.7 Å². The summed E-state index contributed by atoms with van der Waals surface area (Å²) in [7, 11) is 0. The molecule has 0 bridgehead atoms. The van der Waals surface area contributed by atoms with Crippen LogP contribution >= 0.6 is 0 Å². The van der Waals surface area contributed by atoms with Crippen molar-refractivity contribution in [1.82, 2.24) is 0 Å². The van der Waals surface area contributed by atoms with Gasteiger partial charge in [0.05, 0.1) is 24.9 Å². The Hall–Kier alpha value is -3.01. The van der Waals surface area contributed by atoms with E-state index in [9.17, 15) is 0 Å². The first-order valence-corrected chi connectivity index (χ1v) is 12.3. The van der Waals surface area contributed by atoms with Gasteiger partial charge in [-0.05, 0) is 49.8 Å². The molecule has 192 valence electrons. The number of hydrogen-bond donors (Lipinski definition) is 2. The van der Waals surface area contributed by atoms with Gasteiger partial charge in [0, 0.05) is 6.92 Å². The maximum absolute atomic E-state index is 8.08. The van der Waals surface area contributed by atoms with Gasteiger partial charge in [0.1, 0.15) is 5.60 Å². The molecule has 0 saturated carbocycles. The molecule has 0 spiro atoms. The maximum Gasteiger partial charge on any atom is 0.156 e. The Bertz CT molecular complexity index is 930. The van der Waals surface area contributed by atoms with Crippen LogP contribution in [0.5, 0.6) is 0 Å². The topological polar surface area (TPSA) is 82.7 Å². The van der Waals surface area contributed by atoms with Crippen molar-refractivity contribution in [2.24, 2.45) is 5.92 Å². The molecule has 2 N–H and O–H groups in total. The lowest BCUT2D eigenvalue weighted by molar-refractivity contribution is -0.127. The maximum atomic E-state index is 8.08. The zero-order valence-corrected chi connectivity index (χ0v) is 22.0. The van der Waals surface area contributed by atoms with E-state index in [1.807, 2.05) is 18.2 Å². The van der Waals surface area contributed by atoms with Gasteiger partial charge in [-0.1, -0.05) is 97.9 Å². The highest BCUT2D eigenvalue weighted by atomic mass is 16.6. The summed E-state index contributed by atoms with van der Waals surface area (Å²) < 4.78 is 13.0. The second-order valence-corrected chi connectivity index (χ2v) is 9.48.